The van der Waals surface area contributed by atoms with Crippen molar-refractivity contribution in [3.8, 4) is 0 Å². The fourth-order valence-corrected chi connectivity index (χ4v) is 7.13. The van der Waals surface area contributed by atoms with E-state index in [0.717, 1.165) is 65.7 Å². The molecular weight excluding hydrogens is 732 g/mol. The number of nitrogens with one attached hydrogen (secondary N) is 2. The fourth-order valence-electron chi connectivity index (χ4n) is 7.13. The van der Waals surface area contributed by atoms with Crippen LogP contribution < -0.4 is 10.6 Å². The number of carbonyl (C=O) groups excluding carboxylic acids is 2. The fraction of sp³-hybridized carbons (Fsp3) is 0.500. The van der Waals surface area contributed by atoms with Crippen LogP contribution in [0.2, 0.25) is 0 Å². The van der Waals surface area contributed by atoms with Crippen LogP contribution in [-0.4, -0.2) is 66.8 Å². The van der Waals surface area contributed by atoms with E-state index in [2.05, 4.69) is 10.6 Å². The normalized spacial score (nSPS) is 25.7. The molecule has 55 heavy (non-hydrogen) atoms. The molecule has 9 rings (SSSR count). The molecule has 0 saturated carbocycles. The van der Waals surface area contributed by atoms with Crippen molar-refractivity contribution in [3.05, 3.63) is 105 Å². The van der Waals surface area contributed by atoms with Crippen molar-refractivity contribution in [1.82, 2.24) is 15.5 Å². The van der Waals surface area contributed by atoms with Crippen LogP contribution in [0.3, 0.4) is 0 Å². The Bertz CT molecular complexity index is 1760. The van der Waals surface area contributed by atoms with Gasteiger partial charge in [0.25, 0.3) is 0 Å². The number of alkyl halides is 3. The zero-order valence-corrected chi connectivity index (χ0v) is 30.8. The van der Waals surface area contributed by atoms with Gasteiger partial charge in [0, 0.05) is 18.6 Å². The van der Waals surface area contributed by atoms with Crippen molar-refractivity contribution >= 4 is 12.4 Å². The van der Waals surface area contributed by atoms with E-state index in [4.69, 9.17) is 23.7 Å². The van der Waals surface area contributed by atoms with Crippen LogP contribution in [0.5, 0.6) is 0 Å². The number of hydrogen-bond donors (Lipinski definition) is 2. The minimum absolute atomic E-state index is 0.0217. The molecule has 1 amide bonds. The Balaban J connectivity index is 0.000000134. The van der Waals surface area contributed by atoms with Gasteiger partial charge in [-0.3, -0.25) is 4.79 Å². The number of ether oxygens (including phenoxy) is 4. The summed E-state index contributed by atoms with van der Waals surface area (Å²) in [6.07, 6.45) is -2.73. The molecule has 0 radical (unpaired) electrons. The second-order valence-corrected chi connectivity index (χ2v) is 15.1. The molecule has 298 valence electrons. The van der Waals surface area contributed by atoms with Gasteiger partial charge in [-0.05, 0) is 123 Å². The van der Waals surface area contributed by atoms with Crippen molar-refractivity contribution in [3.63, 3.8) is 0 Å². The summed E-state index contributed by atoms with van der Waals surface area (Å²) in [4.78, 5) is 22.6. The van der Waals surface area contributed by atoms with E-state index in [1.807, 2.05) is 32.9 Å². The molecule has 3 aromatic rings. The van der Waals surface area contributed by atoms with Gasteiger partial charge in [-0.2, -0.15) is 13.2 Å². The van der Waals surface area contributed by atoms with Crippen LogP contribution in [0.15, 0.2) is 54.6 Å². The zero-order valence-electron chi connectivity index (χ0n) is 30.8. The lowest BCUT2D eigenvalue weighted by Crippen LogP contribution is -2.55. The average Bonchev–Trinajstić information content (AvgIpc) is 3.76. The quantitative estimate of drug-likeness (QED) is 0.207. The highest BCUT2D eigenvalue weighted by Crippen LogP contribution is 2.41. The number of rotatable bonds is 3. The first-order chi connectivity index (χ1) is 26.1. The summed E-state index contributed by atoms with van der Waals surface area (Å²) < 4.78 is 92.8. The van der Waals surface area contributed by atoms with Gasteiger partial charge >= 0.3 is 12.3 Å². The van der Waals surface area contributed by atoms with Crippen molar-refractivity contribution in [1.29, 1.82) is 0 Å². The topological polar surface area (TPSA) is 98.4 Å². The Morgan fingerprint density at radius 3 is 1.40 bits per heavy atom. The van der Waals surface area contributed by atoms with E-state index < -0.39 is 18.1 Å². The highest BCUT2D eigenvalue weighted by Gasteiger charge is 2.44. The predicted octanol–water partition coefficient (Wildman–Crippen LogP) is 7.67. The molecule has 1 unspecified atom stereocenters. The molecule has 6 aliphatic rings. The first-order valence-electron chi connectivity index (χ1n) is 18.3. The van der Waals surface area contributed by atoms with E-state index in [1.54, 1.807) is 23.1 Å². The summed E-state index contributed by atoms with van der Waals surface area (Å²) in [5.74, 6) is -0.597. The van der Waals surface area contributed by atoms with Gasteiger partial charge in [0.2, 0.25) is 6.29 Å². The minimum Gasteiger partial charge on any atom is -0.444 e. The SMILES string of the molecule is CC(C)(C)OC(=O)N1CC[C@H]1C1OCc2cc(F)ccc21.Fc1ccc2c(c1)CO[C@@H]2[C@@H]1CCN1.Fc1ccc2c(c1)CO[C@H]2[C@@H]1CCN1.O=CC(F)(F)F. The maximum atomic E-state index is 13.2. The van der Waals surface area contributed by atoms with Crippen LogP contribution in [-0.2, 0) is 43.6 Å². The van der Waals surface area contributed by atoms with E-state index in [1.165, 1.54) is 24.3 Å². The zero-order chi connectivity index (χ0) is 39.5. The van der Waals surface area contributed by atoms with Crippen LogP contribution >= 0.6 is 0 Å². The van der Waals surface area contributed by atoms with Crippen LogP contribution in [0.1, 0.15) is 91.7 Å². The van der Waals surface area contributed by atoms with Gasteiger partial charge < -0.3 is 34.5 Å². The van der Waals surface area contributed by atoms with Gasteiger partial charge in [0.05, 0.1) is 38.1 Å². The lowest BCUT2D eigenvalue weighted by atomic mass is 9.92. The molecule has 0 bridgehead atoms. The molecule has 6 heterocycles. The number of likely N-dealkylation sites (tertiary alicyclic amines) is 1. The largest absolute Gasteiger partial charge is 0.446 e. The molecule has 0 spiro atoms. The molecule has 0 aromatic heterocycles. The Morgan fingerprint density at radius 2 is 1.09 bits per heavy atom. The number of benzene rings is 3. The first-order valence-corrected chi connectivity index (χ1v) is 18.3. The molecule has 9 nitrogen and oxygen atoms in total. The predicted molar refractivity (Wildman–Crippen MR) is 188 cm³/mol. The third-order valence-corrected chi connectivity index (χ3v) is 10.1. The molecule has 15 heteroatoms. The summed E-state index contributed by atoms with van der Waals surface area (Å²) >= 11 is 0. The van der Waals surface area contributed by atoms with E-state index in [0.29, 0.717) is 38.4 Å². The lowest BCUT2D eigenvalue weighted by Gasteiger charge is -2.44. The smallest absolute Gasteiger partial charge is 0.444 e. The number of carbonyl (C=O) groups is 2. The number of halogens is 6. The van der Waals surface area contributed by atoms with Gasteiger partial charge in [-0.15, -0.1) is 0 Å². The van der Waals surface area contributed by atoms with Crippen LogP contribution in [0, 0.1) is 17.5 Å². The lowest BCUT2D eigenvalue weighted by molar-refractivity contribution is -0.156. The van der Waals surface area contributed by atoms with Crippen molar-refractivity contribution in [2.45, 2.75) is 108 Å². The summed E-state index contributed by atoms with van der Waals surface area (Å²) in [6, 6.07) is 15.4. The summed E-state index contributed by atoms with van der Waals surface area (Å²) in [5, 5.41) is 6.65. The number of fused-ring (bicyclic) bond motifs is 3. The van der Waals surface area contributed by atoms with Crippen molar-refractivity contribution in [2.24, 2.45) is 0 Å². The van der Waals surface area contributed by atoms with Crippen molar-refractivity contribution in [2.75, 3.05) is 19.6 Å². The number of nitrogens with zero attached hydrogens (tertiary/aromatic N) is 1. The maximum absolute atomic E-state index is 13.2. The maximum Gasteiger partial charge on any atom is 0.446 e. The molecule has 3 fully saturated rings. The van der Waals surface area contributed by atoms with E-state index in [9.17, 15) is 31.1 Å². The Hall–Kier alpha value is -4.02. The van der Waals surface area contributed by atoms with E-state index >= 15 is 0 Å². The molecule has 3 saturated heterocycles. The van der Waals surface area contributed by atoms with E-state index in [-0.39, 0.29) is 47.9 Å². The molecule has 0 aliphatic carbocycles. The van der Waals surface area contributed by atoms with Gasteiger partial charge in [0.1, 0.15) is 29.2 Å². The standard InChI is InChI=1S/C16H20FNO3.2C11H12FNO.C2HF3O/c1-16(2,3)21-15(19)18-7-6-13(18)14-12-5-4-11(17)8-10(12)9-20-14;2*12-8-1-2-9-7(5-8)6-14-11(9)10-3-4-13-10;3-2(4,5)1-6/h4-5,8,13-14H,6-7,9H2,1-3H3;2*1-2,5,10-11,13H,3-4,6H2;1H/t13-,14?;10-,11+;10-,11-;/m000./s1. The second-order valence-electron chi connectivity index (χ2n) is 15.1. The van der Waals surface area contributed by atoms with Gasteiger partial charge in [0.15, 0.2) is 0 Å². The first kappa shape index (κ1) is 40.6. The molecule has 6 aliphatic heterocycles. The Kier molecular flexibility index (Phi) is 12.6. The second kappa shape index (κ2) is 17.0. The third-order valence-electron chi connectivity index (χ3n) is 10.1. The highest BCUT2D eigenvalue weighted by atomic mass is 19.4. The summed E-state index contributed by atoms with van der Waals surface area (Å²) in [5.41, 5.74) is 5.67. The summed E-state index contributed by atoms with van der Waals surface area (Å²) in [6.45, 7) is 9.87. The number of hydrogen-bond acceptors (Lipinski definition) is 8. The third kappa shape index (κ3) is 10.1. The molecular formula is C40H45F6N3O6. The Morgan fingerprint density at radius 1 is 0.709 bits per heavy atom. The molecule has 3 aromatic carbocycles. The van der Waals surface area contributed by atoms with Gasteiger partial charge in [-0.25, -0.2) is 18.0 Å². The monoisotopic (exact) mass is 777 g/mol. The number of amides is 1. The average molecular weight is 778 g/mol. The van der Waals surface area contributed by atoms with Gasteiger partial charge in [-0.1, -0.05) is 18.2 Å². The minimum atomic E-state index is -4.64. The highest BCUT2D eigenvalue weighted by molar-refractivity contribution is 5.70. The Labute approximate surface area is 315 Å². The molecule has 6 atom stereocenters. The van der Waals surface area contributed by atoms with Crippen molar-refractivity contribution < 1.29 is 54.9 Å². The number of aldehydes is 1. The van der Waals surface area contributed by atoms with Crippen LogP contribution in [0.4, 0.5) is 31.1 Å². The molecule has 2 N–H and O–H groups in total. The summed E-state index contributed by atoms with van der Waals surface area (Å²) in [7, 11) is 0. The van der Waals surface area contributed by atoms with Crippen LogP contribution in [0.25, 0.3) is 0 Å².